The van der Waals surface area contributed by atoms with E-state index in [9.17, 15) is 4.79 Å². The molecule has 0 aliphatic carbocycles. The van der Waals surface area contributed by atoms with Gasteiger partial charge in [-0.15, -0.1) is 10.2 Å². The summed E-state index contributed by atoms with van der Waals surface area (Å²) in [5.41, 5.74) is 0.830. The Kier molecular flexibility index (Phi) is 4.23. The van der Waals surface area contributed by atoms with E-state index in [-0.39, 0.29) is 11.8 Å². The number of hydrogen-bond donors (Lipinski definition) is 0. The molecule has 3 aromatic heterocycles. The molecule has 7 heteroatoms. The lowest BCUT2D eigenvalue weighted by Crippen LogP contribution is -2.39. The number of furan rings is 1. The van der Waals surface area contributed by atoms with Crippen LogP contribution in [0.15, 0.2) is 40.9 Å². The Balaban J connectivity index is 1.53. The van der Waals surface area contributed by atoms with Crippen molar-refractivity contribution < 1.29 is 13.9 Å². The predicted molar refractivity (Wildman–Crippen MR) is 90.3 cm³/mol. The molecule has 1 aliphatic rings. The van der Waals surface area contributed by atoms with Crippen LogP contribution < -0.4 is 0 Å². The quantitative estimate of drug-likeness (QED) is 0.729. The molecule has 1 aliphatic heterocycles. The van der Waals surface area contributed by atoms with Crippen molar-refractivity contribution in [2.75, 3.05) is 20.2 Å². The molecule has 7 nitrogen and oxygen atoms in total. The number of nitrogens with zero attached hydrogens (tertiary/aromatic N) is 4. The van der Waals surface area contributed by atoms with Gasteiger partial charge < -0.3 is 14.1 Å². The molecule has 130 valence electrons. The summed E-state index contributed by atoms with van der Waals surface area (Å²) in [5, 5.41) is 8.57. The minimum Gasteiger partial charge on any atom is -0.453 e. The Labute approximate surface area is 145 Å². The van der Waals surface area contributed by atoms with Crippen molar-refractivity contribution in [2.24, 2.45) is 0 Å². The summed E-state index contributed by atoms with van der Waals surface area (Å²) in [6.45, 7) is 1.71. The molecule has 0 saturated carbocycles. The van der Waals surface area contributed by atoms with Gasteiger partial charge in [0.25, 0.3) is 5.91 Å². The van der Waals surface area contributed by atoms with Crippen LogP contribution in [0.3, 0.4) is 0 Å². The van der Waals surface area contributed by atoms with E-state index >= 15 is 0 Å². The third kappa shape index (κ3) is 3.02. The first kappa shape index (κ1) is 15.8. The van der Waals surface area contributed by atoms with Crippen LogP contribution in [0.4, 0.5) is 0 Å². The highest BCUT2D eigenvalue weighted by Gasteiger charge is 2.29. The lowest BCUT2D eigenvalue weighted by molar-refractivity contribution is 0.0664. The average molecular weight is 340 g/mol. The van der Waals surface area contributed by atoms with Gasteiger partial charge in [0, 0.05) is 32.3 Å². The van der Waals surface area contributed by atoms with Crippen LogP contribution in [0, 0.1) is 0 Å². The molecular formula is C18H20N4O3. The fourth-order valence-corrected chi connectivity index (χ4v) is 3.38. The second-order valence-corrected chi connectivity index (χ2v) is 6.28. The van der Waals surface area contributed by atoms with Crippen molar-refractivity contribution in [2.45, 2.75) is 25.4 Å². The van der Waals surface area contributed by atoms with Gasteiger partial charge in [-0.25, -0.2) is 0 Å². The van der Waals surface area contributed by atoms with Gasteiger partial charge >= 0.3 is 0 Å². The van der Waals surface area contributed by atoms with E-state index < -0.39 is 0 Å². The molecule has 1 saturated heterocycles. The number of likely N-dealkylation sites (tertiary alicyclic amines) is 1. The number of methoxy groups -OCH3 is 1. The first-order valence-electron chi connectivity index (χ1n) is 8.43. The van der Waals surface area contributed by atoms with Gasteiger partial charge in [0.2, 0.25) is 0 Å². The van der Waals surface area contributed by atoms with Crippen molar-refractivity contribution in [1.82, 2.24) is 19.5 Å². The largest absolute Gasteiger partial charge is 0.453 e. The van der Waals surface area contributed by atoms with E-state index in [1.165, 1.54) is 0 Å². The van der Waals surface area contributed by atoms with Gasteiger partial charge in [0.05, 0.1) is 0 Å². The van der Waals surface area contributed by atoms with Gasteiger partial charge in [-0.05, 0) is 37.1 Å². The maximum atomic E-state index is 12.7. The summed E-state index contributed by atoms with van der Waals surface area (Å²) in [7, 11) is 1.60. The molecule has 1 amide bonds. The molecule has 0 radical (unpaired) electrons. The highest BCUT2D eigenvalue weighted by atomic mass is 16.5. The monoisotopic (exact) mass is 340 g/mol. The molecule has 3 aromatic rings. The topological polar surface area (TPSA) is 72.9 Å². The molecule has 4 rings (SSSR count). The van der Waals surface area contributed by atoms with Crippen molar-refractivity contribution >= 4 is 11.6 Å². The summed E-state index contributed by atoms with van der Waals surface area (Å²) >= 11 is 0. The van der Waals surface area contributed by atoms with Crippen LogP contribution in [-0.2, 0) is 11.3 Å². The minimum absolute atomic E-state index is 0.0825. The minimum atomic E-state index is -0.0825. The van der Waals surface area contributed by atoms with Crippen molar-refractivity contribution in [1.29, 1.82) is 0 Å². The zero-order valence-electron chi connectivity index (χ0n) is 14.1. The molecular weight excluding hydrogens is 320 g/mol. The van der Waals surface area contributed by atoms with Crippen LogP contribution in [0.5, 0.6) is 0 Å². The van der Waals surface area contributed by atoms with E-state index in [1.54, 1.807) is 19.2 Å². The fraction of sp³-hybridized carbons (Fsp3) is 0.389. The number of piperidine rings is 1. The molecule has 0 bridgehead atoms. The normalized spacial score (nSPS) is 18.0. The summed E-state index contributed by atoms with van der Waals surface area (Å²) in [5.74, 6) is 2.01. The molecule has 25 heavy (non-hydrogen) atoms. The Hall–Kier alpha value is -2.67. The number of hydrogen-bond acceptors (Lipinski definition) is 5. The number of fused-ring (bicyclic) bond motifs is 1. The van der Waals surface area contributed by atoms with Crippen molar-refractivity contribution in [3.05, 3.63) is 53.9 Å². The number of carbonyl (C=O) groups excluding carboxylic acids is 1. The summed E-state index contributed by atoms with van der Waals surface area (Å²) in [6.07, 6.45) is 3.89. The van der Waals surface area contributed by atoms with Gasteiger partial charge in [0.15, 0.2) is 11.4 Å². The van der Waals surface area contributed by atoms with Crippen LogP contribution in [0.1, 0.15) is 40.9 Å². The number of amides is 1. The van der Waals surface area contributed by atoms with Crippen LogP contribution in [0.2, 0.25) is 0 Å². The number of aromatic nitrogens is 3. The van der Waals surface area contributed by atoms with Crippen LogP contribution >= 0.6 is 0 Å². The third-order valence-electron chi connectivity index (χ3n) is 4.57. The van der Waals surface area contributed by atoms with Crippen LogP contribution in [0.25, 0.3) is 5.65 Å². The summed E-state index contributed by atoms with van der Waals surface area (Å²) in [6, 6.07) is 9.34. The number of ether oxygens (including phenoxy) is 1. The van der Waals surface area contributed by atoms with E-state index in [4.69, 9.17) is 9.15 Å². The van der Waals surface area contributed by atoms with Gasteiger partial charge in [-0.1, -0.05) is 6.07 Å². The predicted octanol–water partition coefficient (Wildman–Crippen LogP) is 2.49. The Morgan fingerprint density at radius 2 is 2.24 bits per heavy atom. The molecule has 1 atom stereocenters. The summed E-state index contributed by atoms with van der Waals surface area (Å²) in [4.78, 5) is 14.6. The van der Waals surface area contributed by atoms with E-state index in [0.717, 1.165) is 30.9 Å². The lowest BCUT2D eigenvalue weighted by Gasteiger charge is -2.31. The molecule has 1 unspecified atom stereocenters. The second-order valence-electron chi connectivity index (χ2n) is 6.28. The molecule has 0 spiro atoms. The maximum absolute atomic E-state index is 12.7. The molecule has 4 heterocycles. The van der Waals surface area contributed by atoms with Gasteiger partial charge in [0.1, 0.15) is 18.2 Å². The highest BCUT2D eigenvalue weighted by Crippen LogP contribution is 2.27. The third-order valence-corrected chi connectivity index (χ3v) is 4.57. The molecule has 0 N–H and O–H groups in total. The maximum Gasteiger partial charge on any atom is 0.289 e. The van der Waals surface area contributed by atoms with E-state index in [2.05, 4.69) is 10.2 Å². The average Bonchev–Trinajstić information content (AvgIpc) is 3.28. The Morgan fingerprint density at radius 3 is 3.12 bits per heavy atom. The van der Waals surface area contributed by atoms with Crippen molar-refractivity contribution in [3.8, 4) is 0 Å². The van der Waals surface area contributed by atoms with E-state index in [0.29, 0.717) is 24.7 Å². The van der Waals surface area contributed by atoms with E-state index in [1.807, 2.05) is 33.7 Å². The molecule has 0 aromatic carbocycles. The summed E-state index contributed by atoms with van der Waals surface area (Å²) < 4.78 is 12.6. The SMILES string of the molecule is COCc1ccc(C(=O)N2CCCC(c3nnc4ccccn34)C2)o1. The van der Waals surface area contributed by atoms with Gasteiger partial charge in [-0.3, -0.25) is 9.20 Å². The van der Waals surface area contributed by atoms with Gasteiger partial charge in [-0.2, -0.15) is 0 Å². The zero-order valence-corrected chi connectivity index (χ0v) is 14.1. The number of carbonyl (C=O) groups is 1. The smallest absolute Gasteiger partial charge is 0.289 e. The lowest BCUT2D eigenvalue weighted by atomic mass is 9.97. The Bertz CT molecular complexity index is 885. The standard InChI is InChI=1S/C18H20N4O3/c1-24-12-14-7-8-15(25-14)18(23)21-9-4-5-13(11-21)17-20-19-16-6-2-3-10-22(16)17/h2-3,6-8,10,13H,4-5,9,11-12H2,1H3. The van der Waals surface area contributed by atoms with Crippen molar-refractivity contribution in [3.63, 3.8) is 0 Å². The first-order valence-corrected chi connectivity index (χ1v) is 8.43. The second kappa shape index (κ2) is 6.68. The number of rotatable bonds is 4. The zero-order chi connectivity index (χ0) is 17.2. The molecule has 1 fully saturated rings. The first-order chi connectivity index (χ1) is 12.3. The Morgan fingerprint density at radius 1 is 1.32 bits per heavy atom. The van der Waals surface area contributed by atoms with Crippen LogP contribution in [-0.4, -0.2) is 45.6 Å². The number of pyridine rings is 1. The highest BCUT2D eigenvalue weighted by molar-refractivity contribution is 5.91. The fourth-order valence-electron chi connectivity index (χ4n) is 3.38.